The number of hydrogen-bond acceptors (Lipinski definition) is 6. The maximum Gasteiger partial charge on any atom is 0.265 e. The minimum absolute atomic E-state index is 0.0932. The van der Waals surface area contributed by atoms with Gasteiger partial charge in [0, 0.05) is 47.4 Å². The minimum Gasteiger partial charge on any atom is -0.497 e. The molecule has 4 rings (SSSR count). The molecule has 1 saturated heterocycles. The second kappa shape index (κ2) is 10.2. The smallest absolute Gasteiger partial charge is 0.265 e. The Bertz CT molecular complexity index is 1190. The molecule has 0 atom stereocenters. The number of piperazine rings is 1. The highest BCUT2D eigenvalue weighted by Gasteiger charge is 2.27. The largest absolute Gasteiger partial charge is 0.497 e. The van der Waals surface area contributed by atoms with E-state index in [9.17, 15) is 9.59 Å². The van der Waals surface area contributed by atoms with Crippen LogP contribution in [0.3, 0.4) is 0 Å². The summed E-state index contributed by atoms with van der Waals surface area (Å²) in [6.07, 6.45) is 0. The molecular formula is C23H23Cl2N3O4S. The minimum atomic E-state index is -0.150. The summed E-state index contributed by atoms with van der Waals surface area (Å²) in [5.41, 5.74) is 0.580. The average Bonchev–Trinajstić information content (AvgIpc) is 3.14. The van der Waals surface area contributed by atoms with Gasteiger partial charge in [0.1, 0.15) is 16.4 Å². The van der Waals surface area contributed by atoms with Gasteiger partial charge in [0.15, 0.2) is 0 Å². The van der Waals surface area contributed by atoms with E-state index < -0.39 is 0 Å². The molecule has 2 amide bonds. The SMILES string of the molecule is COc1ccc(NC(=O)CN2CCN(C(=O)c3sc4cc(Cl)ccc4c3Cl)CC2)c(OC)c1. The van der Waals surface area contributed by atoms with Gasteiger partial charge >= 0.3 is 0 Å². The lowest BCUT2D eigenvalue weighted by atomic mass is 10.2. The predicted molar refractivity (Wildman–Crippen MR) is 132 cm³/mol. The van der Waals surface area contributed by atoms with Crippen molar-refractivity contribution < 1.29 is 19.1 Å². The Morgan fingerprint density at radius 2 is 1.79 bits per heavy atom. The molecule has 0 aliphatic carbocycles. The van der Waals surface area contributed by atoms with Crippen LogP contribution in [0.5, 0.6) is 11.5 Å². The second-order valence-corrected chi connectivity index (χ2v) is 9.43. The molecule has 1 N–H and O–H groups in total. The summed E-state index contributed by atoms with van der Waals surface area (Å²) in [6.45, 7) is 2.44. The third-order valence-electron chi connectivity index (χ3n) is 5.50. The van der Waals surface area contributed by atoms with Crippen molar-refractivity contribution >= 4 is 62.1 Å². The van der Waals surface area contributed by atoms with Gasteiger partial charge < -0.3 is 19.7 Å². The first-order valence-electron chi connectivity index (χ1n) is 10.3. The number of carbonyl (C=O) groups is 2. The fourth-order valence-corrected chi connectivity index (χ4v) is 5.48. The van der Waals surface area contributed by atoms with E-state index in [0.717, 1.165) is 10.1 Å². The van der Waals surface area contributed by atoms with Crippen molar-refractivity contribution in [3.05, 3.63) is 51.3 Å². The Hall–Kier alpha value is -2.52. The fourth-order valence-electron chi connectivity index (χ4n) is 3.72. The summed E-state index contributed by atoms with van der Waals surface area (Å²) in [5.74, 6) is 0.930. The molecule has 0 spiro atoms. The third kappa shape index (κ3) is 5.19. The molecule has 1 fully saturated rings. The van der Waals surface area contributed by atoms with E-state index in [2.05, 4.69) is 5.32 Å². The molecule has 1 aliphatic rings. The van der Waals surface area contributed by atoms with Crippen molar-refractivity contribution in [3.8, 4) is 11.5 Å². The van der Waals surface area contributed by atoms with Crippen molar-refractivity contribution in [1.29, 1.82) is 0 Å². The fraction of sp³-hybridized carbons (Fsp3) is 0.304. The summed E-state index contributed by atoms with van der Waals surface area (Å²) in [7, 11) is 3.11. The maximum atomic E-state index is 13.1. The van der Waals surface area contributed by atoms with E-state index in [4.69, 9.17) is 32.7 Å². The molecule has 33 heavy (non-hydrogen) atoms. The molecule has 1 aromatic heterocycles. The van der Waals surface area contributed by atoms with Gasteiger partial charge in [-0.3, -0.25) is 14.5 Å². The van der Waals surface area contributed by atoms with Gasteiger partial charge in [-0.15, -0.1) is 11.3 Å². The van der Waals surface area contributed by atoms with Crippen LogP contribution >= 0.6 is 34.5 Å². The van der Waals surface area contributed by atoms with Crippen LogP contribution in [0.1, 0.15) is 9.67 Å². The molecule has 174 valence electrons. The first-order chi connectivity index (χ1) is 15.9. The number of thiophene rings is 1. The summed E-state index contributed by atoms with van der Waals surface area (Å²) < 4.78 is 11.4. The van der Waals surface area contributed by atoms with E-state index in [1.807, 2.05) is 17.0 Å². The number of nitrogens with zero attached hydrogens (tertiary/aromatic N) is 2. The van der Waals surface area contributed by atoms with Gasteiger partial charge in [0.2, 0.25) is 5.91 Å². The molecule has 0 saturated carbocycles. The number of rotatable bonds is 6. The molecule has 0 radical (unpaired) electrons. The molecule has 1 aliphatic heterocycles. The number of nitrogens with one attached hydrogen (secondary N) is 1. The zero-order chi connectivity index (χ0) is 23.5. The number of hydrogen-bond donors (Lipinski definition) is 1. The Morgan fingerprint density at radius 3 is 2.48 bits per heavy atom. The topological polar surface area (TPSA) is 71.1 Å². The lowest BCUT2D eigenvalue weighted by Crippen LogP contribution is -2.50. The first-order valence-corrected chi connectivity index (χ1v) is 11.9. The highest BCUT2D eigenvalue weighted by molar-refractivity contribution is 7.21. The quantitative estimate of drug-likeness (QED) is 0.526. The van der Waals surface area contributed by atoms with E-state index in [1.54, 1.807) is 36.3 Å². The predicted octanol–water partition coefficient (Wildman–Crippen LogP) is 4.62. The molecule has 10 heteroatoms. The monoisotopic (exact) mass is 507 g/mol. The van der Waals surface area contributed by atoms with Gasteiger partial charge in [-0.05, 0) is 24.3 Å². The van der Waals surface area contributed by atoms with Crippen LogP contribution in [0.25, 0.3) is 10.1 Å². The van der Waals surface area contributed by atoms with Gasteiger partial charge in [0.05, 0.1) is 31.5 Å². The van der Waals surface area contributed by atoms with E-state index >= 15 is 0 Å². The summed E-state index contributed by atoms with van der Waals surface area (Å²) in [5, 5.41) is 4.79. The highest BCUT2D eigenvalue weighted by Crippen LogP contribution is 2.37. The summed E-state index contributed by atoms with van der Waals surface area (Å²) >= 11 is 13.9. The lowest BCUT2D eigenvalue weighted by molar-refractivity contribution is -0.117. The normalized spacial score (nSPS) is 14.4. The molecule has 3 aromatic rings. The number of carbonyl (C=O) groups excluding carboxylic acids is 2. The molecule has 2 aromatic carbocycles. The van der Waals surface area contributed by atoms with Crippen molar-refractivity contribution in [1.82, 2.24) is 9.80 Å². The number of halogens is 2. The molecule has 0 unspecified atom stereocenters. The van der Waals surface area contributed by atoms with Crippen LogP contribution in [0.2, 0.25) is 10.0 Å². The van der Waals surface area contributed by atoms with E-state index in [-0.39, 0.29) is 18.4 Å². The molecule has 0 bridgehead atoms. The van der Waals surface area contributed by atoms with Gasteiger partial charge in [-0.25, -0.2) is 0 Å². The lowest BCUT2D eigenvalue weighted by Gasteiger charge is -2.34. The number of benzene rings is 2. The van der Waals surface area contributed by atoms with Crippen molar-refractivity contribution in [2.24, 2.45) is 0 Å². The average molecular weight is 508 g/mol. The van der Waals surface area contributed by atoms with Crippen LogP contribution in [0, 0.1) is 0 Å². The Kier molecular flexibility index (Phi) is 7.29. The number of amides is 2. The van der Waals surface area contributed by atoms with Gasteiger partial charge in [0.25, 0.3) is 5.91 Å². The van der Waals surface area contributed by atoms with Crippen LogP contribution in [-0.2, 0) is 4.79 Å². The van der Waals surface area contributed by atoms with Crippen molar-refractivity contribution in [3.63, 3.8) is 0 Å². The van der Waals surface area contributed by atoms with Crippen molar-refractivity contribution in [2.75, 3.05) is 52.3 Å². The van der Waals surface area contributed by atoms with Gasteiger partial charge in [-0.2, -0.15) is 0 Å². The van der Waals surface area contributed by atoms with Crippen LogP contribution < -0.4 is 14.8 Å². The third-order valence-corrected chi connectivity index (χ3v) is 7.38. The Morgan fingerprint density at radius 1 is 1.03 bits per heavy atom. The second-order valence-electron chi connectivity index (χ2n) is 7.57. The molecule has 7 nitrogen and oxygen atoms in total. The van der Waals surface area contributed by atoms with Crippen LogP contribution in [0.4, 0.5) is 5.69 Å². The number of methoxy groups -OCH3 is 2. The number of ether oxygens (including phenoxy) is 2. The zero-order valence-corrected chi connectivity index (χ0v) is 20.5. The summed E-state index contributed by atoms with van der Waals surface area (Å²) in [6, 6.07) is 10.6. The Balaban J connectivity index is 1.34. The maximum absolute atomic E-state index is 13.1. The highest BCUT2D eigenvalue weighted by atomic mass is 35.5. The van der Waals surface area contributed by atoms with Crippen molar-refractivity contribution in [2.45, 2.75) is 0 Å². The van der Waals surface area contributed by atoms with Crippen LogP contribution in [0.15, 0.2) is 36.4 Å². The Labute approximate surface area is 205 Å². The number of anilines is 1. The first kappa shape index (κ1) is 23.6. The van der Waals surface area contributed by atoms with Crippen LogP contribution in [-0.4, -0.2) is 68.6 Å². The van der Waals surface area contributed by atoms with E-state index in [0.29, 0.717) is 58.3 Å². The molecule has 2 heterocycles. The summed E-state index contributed by atoms with van der Waals surface area (Å²) in [4.78, 5) is 29.9. The zero-order valence-electron chi connectivity index (χ0n) is 18.2. The number of fused-ring (bicyclic) bond motifs is 1. The molecular weight excluding hydrogens is 485 g/mol. The standard InChI is InChI=1S/C23H23Cl2N3O4S/c1-31-15-4-6-17(18(12-15)32-2)26-20(29)13-27-7-9-28(10-8-27)23(30)22-21(25)16-5-3-14(24)11-19(16)33-22/h3-6,11-12H,7-10,13H2,1-2H3,(H,26,29). The van der Waals surface area contributed by atoms with E-state index in [1.165, 1.54) is 18.4 Å². The van der Waals surface area contributed by atoms with Gasteiger partial charge in [-0.1, -0.05) is 29.3 Å².